The summed E-state index contributed by atoms with van der Waals surface area (Å²) in [6.45, 7) is 4.30. The molecule has 0 saturated carbocycles. The topological polar surface area (TPSA) is 47.0 Å². The summed E-state index contributed by atoms with van der Waals surface area (Å²) in [4.78, 5) is 8.36. The van der Waals surface area contributed by atoms with E-state index in [1.165, 1.54) is 5.56 Å². The number of halogens is 1. The maximum Gasteiger partial charge on any atom is 0.238 e. The van der Waals surface area contributed by atoms with Crippen molar-refractivity contribution in [2.45, 2.75) is 19.8 Å². The van der Waals surface area contributed by atoms with Crippen molar-refractivity contribution in [1.82, 2.24) is 9.97 Å². The van der Waals surface area contributed by atoms with Gasteiger partial charge in [0.1, 0.15) is 5.75 Å². The van der Waals surface area contributed by atoms with Crippen LogP contribution in [0.3, 0.4) is 0 Å². The van der Waals surface area contributed by atoms with E-state index >= 15 is 0 Å². The van der Waals surface area contributed by atoms with Crippen molar-refractivity contribution >= 4 is 21.9 Å². The van der Waals surface area contributed by atoms with Crippen LogP contribution in [0.25, 0.3) is 0 Å². The Kier molecular flexibility index (Phi) is 4.37. The van der Waals surface area contributed by atoms with E-state index in [0.717, 1.165) is 10.2 Å². The van der Waals surface area contributed by atoms with Gasteiger partial charge >= 0.3 is 0 Å². The zero-order valence-electron chi connectivity index (χ0n) is 11.1. The number of benzene rings is 1. The minimum absolute atomic E-state index is 0.463. The molecule has 0 unspecified atom stereocenters. The molecule has 0 atom stereocenters. The molecule has 4 nitrogen and oxygen atoms in total. The van der Waals surface area contributed by atoms with Crippen LogP contribution < -0.4 is 10.1 Å². The number of hydrogen-bond acceptors (Lipinski definition) is 4. The highest BCUT2D eigenvalue weighted by molar-refractivity contribution is 9.10. The van der Waals surface area contributed by atoms with Crippen molar-refractivity contribution in [2.24, 2.45) is 0 Å². The summed E-state index contributed by atoms with van der Waals surface area (Å²) in [6, 6.07) is 8.02. The fraction of sp³-hybridized carbons (Fsp3) is 0.286. The molecule has 0 fully saturated rings. The van der Waals surface area contributed by atoms with Crippen molar-refractivity contribution < 1.29 is 4.74 Å². The van der Waals surface area contributed by atoms with Gasteiger partial charge < -0.3 is 10.1 Å². The standard InChI is InChI=1S/C14H16BrN3O/c1-9(2)10-5-4-6-11(7-10)19-13-12(15)8-17-14(16-3)18-13/h4-9H,1-3H3,(H,16,17,18). The van der Waals surface area contributed by atoms with Crippen LogP contribution in [0, 0.1) is 0 Å². The highest BCUT2D eigenvalue weighted by Crippen LogP contribution is 2.29. The second kappa shape index (κ2) is 6.02. The summed E-state index contributed by atoms with van der Waals surface area (Å²) < 4.78 is 6.53. The first-order chi connectivity index (χ1) is 9.10. The molecule has 0 saturated heterocycles. The molecule has 5 heteroatoms. The fourth-order valence-electron chi connectivity index (χ4n) is 1.59. The molecular weight excluding hydrogens is 306 g/mol. The smallest absolute Gasteiger partial charge is 0.238 e. The van der Waals surface area contributed by atoms with Crippen molar-refractivity contribution in [3.8, 4) is 11.6 Å². The molecule has 1 aromatic carbocycles. The molecule has 0 aliphatic carbocycles. The molecular formula is C14H16BrN3O. The van der Waals surface area contributed by atoms with E-state index in [0.29, 0.717) is 17.7 Å². The van der Waals surface area contributed by atoms with E-state index in [2.05, 4.69) is 51.1 Å². The molecule has 0 bridgehead atoms. The molecule has 1 N–H and O–H groups in total. The highest BCUT2D eigenvalue weighted by Gasteiger charge is 2.08. The molecule has 100 valence electrons. The van der Waals surface area contributed by atoms with E-state index in [1.54, 1.807) is 13.2 Å². The van der Waals surface area contributed by atoms with Gasteiger partial charge in [-0.15, -0.1) is 0 Å². The lowest BCUT2D eigenvalue weighted by molar-refractivity contribution is 0.458. The van der Waals surface area contributed by atoms with Gasteiger partial charge in [0, 0.05) is 7.05 Å². The quantitative estimate of drug-likeness (QED) is 0.916. The van der Waals surface area contributed by atoms with Crippen LogP contribution in [0.15, 0.2) is 34.9 Å². The Labute approximate surface area is 121 Å². The largest absolute Gasteiger partial charge is 0.438 e. The van der Waals surface area contributed by atoms with Crippen LogP contribution in [0.1, 0.15) is 25.3 Å². The van der Waals surface area contributed by atoms with Crippen molar-refractivity contribution in [2.75, 3.05) is 12.4 Å². The minimum Gasteiger partial charge on any atom is -0.438 e. The molecule has 0 aliphatic rings. The number of rotatable bonds is 4. The predicted molar refractivity (Wildman–Crippen MR) is 79.9 cm³/mol. The number of nitrogens with one attached hydrogen (secondary N) is 1. The maximum absolute atomic E-state index is 5.80. The monoisotopic (exact) mass is 321 g/mol. The third-order valence-corrected chi connectivity index (χ3v) is 3.22. The van der Waals surface area contributed by atoms with Crippen LogP contribution in [0.2, 0.25) is 0 Å². The molecule has 0 radical (unpaired) electrons. The first-order valence-corrected chi connectivity index (χ1v) is 6.87. The number of aromatic nitrogens is 2. The third-order valence-electron chi connectivity index (χ3n) is 2.67. The first-order valence-electron chi connectivity index (χ1n) is 6.08. The van der Waals surface area contributed by atoms with Crippen LogP contribution in [0.4, 0.5) is 5.95 Å². The second-order valence-corrected chi connectivity index (χ2v) is 5.28. The summed E-state index contributed by atoms with van der Waals surface area (Å²) >= 11 is 3.39. The van der Waals surface area contributed by atoms with E-state index in [4.69, 9.17) is 4.74 Å². The van der Waals surface area contributed by atoms with Gasteiger partial charge in [0.2, 0.25) is 11.8 Å². The predicted octanol–water partition coefficient (Wildman–Crippen LogP) is 4.20. The summed E-state index contributed by atoms with van der Waals surface area (Å²) in [5.74, 6) is 2.26. The normalized spacial score (nSPS) is 10.6. The van der Waals surface area contributed by atoms with Crippen LogP contribution in [-0.4, -0.2) is 17.0 Å². The van der Waals surface area contributed by atoms with Crippen molar-refractivity contribution in [3.63, 3.8) is 0 Å². The van der Waals surface area contributed by atoms with E-state index < -0.39 is 0 Å². The first kappa shape index (κ1) is 13.8. The zero-order chi connectivity index (χ0) is 13.8. The van der Waals surface area contributed by atoms with E-state index in [-0.39, 0.29) is 0 Å². The van der Waals surface area contributed by atoms with Gasteiger partial charge in [-0.2, -0.15) is 4.98 Å². The molecule has 19 heavy (non-hydrogen) atoms. The fourth-order valence-corrected chi connectivity index (χ4v) is 1.86. The van der Waals surface area contributed by atoms with Gasteiger partial charge in [-0.3, -0.25) is 0 Å². The molecule has 0 aliphatic heterocycles. The van der Waals surface area contributed by atoms with Crippen molar-refractivity contribution in [3.05, 3.63) is 40.5 Å². The lowest BCUT2D eigenvalue weighted by Crippen LogP contribution is -1.98. The Morgan fingerprint density at radius 3 is 2.79 bits per heavy atom. The SMILES string of the molecule is CNc1ncc(Br)c(Oc2cccc(C(C)C)c2)n1. The summed E-state index contributed by atoms with van der Waals surface area (Å²) in [5, 5.41) is 2.89. The van der Waals surface area contributed by atoms with E-state index in [1.807, 2.05) is 18.2 Å². The van der Waals surface area contributed by atoms with Gasteiger partial charge in [-0.1, -0.05) is 26.0 Å². The Morgan fingerprint density at radius 1 is 1.32 bits per heavy atom. The summed E-state index contributed by atoms with van der Waals surface area (Å²) in [5.41, 5.74) is 1.23. The Bertz CT molecular complexity index is 572. The number of hydrogen-bond donors (Lipinski definition) is 1. The zero-order valence-corrected chi connectivity index (χ0v) is 12.7. The Hall–Kier alpha value is -1.62. The van der Waals surface area contributed by atoms with Crippen LogP contribution >= 0.6 is 15.9 Å². The minimum atomic E-state index is 0.463. The lowest BCUT2D eigenvalue weighted by Gasteiger charge is -2.10. The average Bonchev–Trinajstić information content (AvgIpc) is 2.41. The van der Waals surface area contributed by atoms with Crippen LogP contribution in [0.5, 0.6) is 11.6 Å². The molecule has 2 rings (SSSR count). The highest BCUT2D eigenvalue weighted by atomic mass is 79.9. The van der Waals surface area contributed by atoms with Gasteiger partial charge in [0.25, 0.3) is 0 Å². The van der Waals surface area contributed by atoms with Crippen LogP contribution in [-0.2, 0) is 0 Å². The van der Waals surface area contributed by atoms with Crippen molar-refractivity contribution in [1.29, 1.82) is 0 Å². The number of nitrogens with zero attached hydrogens (tertiary/aromatic N) is 2. The molecule has 0 spiro atoms. The number of anilines is 1. The van der Waals surface area contributed by atoms with Gasteiger partial charge in [-0.05, 0) is 39.5 Å². The number of ether oxygens (including phenoxy) is 1. The van der Waals surface area contributed by atoms with Gasteiger partial charge in [-0.25, -0.2) is 4.98 Å². The molecule has 0 amide bonds. The summed E-state index contributed by atoms with van der Waals surface area (Å²) in [6.07, 6.45) is 1.67. The maximum atomic E-state index is 5.80. The molecule has 1 heterocycles. The average molecular weight is 322 g/mol. The lowest BCUT2D eigenvalue weighted by atomic mass is 10.0. The Balaban J connectivity index is 2.28. The Morgan fingerprint density at radius 2 is 2.11 bits per heavy atom. The van der Waals surface area contributed by atoms with Gasteiger partial charge in [0.05, 0.1) is 10.7 Å². The molecule has 1 aromatic heterocycles. The molecule has 2 aromatic rings. The summed E-state index contributed by atoms with van der Waals surface area (Å²) in [7, 11) is 1.77. The van der Waals surface area contributed by atoms with E-state index in [9.17, 15) is 0 Å². The third kappa shape index (κ3) is 3.44. The second-order valence-electron chi connectivity index (χ2n) is 4.43. The van der Waals surface area contributed by atoms with Gasteiger partial charge in [0.15, 0.2) is 0 Å².